The van der Waals surface area contributed by atoms with E-state index in [0.717, 1.165) is 6.42 Å². The lowest BCUT2D eigenvalue weighted by atomic mass is 10.0. The minimum atomic E-state index is 1.14. The number of hydrogen-bond donors (Lipinski definition) is 0. The van der Waals surface area contributed by atoms with E-state index in [2.05, 4.69) is 32.9 Å². The maximum absolute atomic E-state index is 5.06. The maximum atomic E-state index is 5.06. The molecule has 0 aliphatic carbocycles. The van der Waals surface area contributed by atoms with Gasteiger partial charge in [0.25, 0.3) is 0 Å². The SMILES string of the molecule is CCCCCCCCCCCCCCc1cc(CC)cc(CCCCCCCCCCCCCC)n1. The molecule has 1 rings (SSSR count). The Kier molecular flexibility index (Phi) is 23.8. The molecule has 0 fully saturated rings. The molecule has 0 spiro atoms. The summed E-state index contributed by atoms with van der Waals surface area (Å²) in [6.45, 7) is 6.89. The molecule has 0 atom stereocenters. The molecule has 0 unspecified atom stereocenters. The van der Waals surface area contributed by atoms with E-state index in [4.69, 9.17) is 4.98 Å². The minimum absolute atomic E-state index is 1.14. The summed E-state index contributed by atoms with van der Waals surface area (Å²) in [4.78, 5) is 5.06. The molecule has 210 valence electrons. The zero-order valence-corrected chi connectivity index (χ0v) is 25.2. The highest BCUT2D eigenvalue weighted by atomic mass is 14.7. The summed E-state index contributed by atoms with van der Waals surface area (Å²) >= 11 is 0. The van der Waals surface area contributed by atoms with E-state index < -0.39 is 0 Å². The summed E-state index contributed by atoms with van der Waals surface area (Å²) in [5.74, 6) is 0. The first kappa shape index (κ1) is 33.2. The first-order chi connectivity index (χ1) is 17.8. The second-order valence-corrected chi connectivity index (χ2v) is 11.6. The third kappa shape index (κ3) is 20.2. The van der Waals surface area contributed by atoms with E-state index in [-0.39, 0.29) is 0 Å². The van der Waals surface area contributed by atoms with E-state index >= 15 is 0 Å². The van der Waals surface area contributed by atoms with E-state index in [1.807, 2.05) is 0 Å². The Morgan fingerprint density at radius 3 is 0.944 bits per heavy atom. The smallest absolute Gasteiger partial charge is 0.0409 e. The van der Waals surface area contributed by atoms with Crippen LogP contribution in [-0.4, -0.2) is 4.98 Å². The number of aromatic nitrogens is 1. The van der Waals surface area contributed by atoms with Gasteiger partial charge in [-0.3, -0.25) is 4.98 Å². The molecule has 0 radical (unpaired) electrons. The molecule has 1 aromatic heterocycles. The molecule has 0 N–H and O–H groups in total. The van der Waals surface area contributed by atoms with Crippen LogP contribution in [0.2, 0.25) is 0 Å². The van der Waals surface area contributed by atoms with Crippen LogP contribution in [0.5, 0.6) is 0 Å². The van der Waals surface area contributed by atoms with Crippen LogP contribution in [0.15, 0.2) is 12.1 Å². The van der Waals surface area contributed by atoms with Gasteiger partial charge in [-0.25, -0.2) is 0 Å². The lowest BCUT2D eigenvalue weighted by molar-refractivity contribution is 0.542. The molecule has 0 saturated carbocycles. The molecule has 1 aromatic rings. The molecule has 0 bridgehead atoms. The predicted octanol–water partition coefficient (Wildman–Crippen LogP) is 12.1. The lowest BCUT2D eigenvalue weighted by Crippen LogP contribution is -1.99. The Bertz CT molecular complexity index is 532. The largest absolute Gasteiger partial charge is 0.258 e. The van der Waals surface area contributed by atoms with Gasteiger partial charge in [-0.15, -0.1) is 0 Å². The number of pyridine rings is 1. The van der Waals surface area contributed by atoms with Crippen LogP contribution < -0.4 is 0 Å². The van der Waals surface area contributed by atoms with Gasteiger partial charge in [-0.1, -0.05) is 162 Å². The molecule has 0 aliphatic rings. The van der Waals surface area contributed by atoms with Crippen molar-refractivity contribution in [3.8, 4) is 0 Å². The fourth-order valence-corrected chi connectivity index (χ4v) is 5.47. The van der Waals surface area contributed by atoms with E-state index in [0.29, 0.717) is 0 Å². The van der Waals surface area contributed by atoms with Crippen molar-refractivity contribution in [3.63, 3.8) is 0 Å². The van der Waals surface area contributed by atoms with Crippen LogP contribution in [-0.2, 0) is 19.3 Å². The number of unbranched alkanes of at least 4 members (excludes halogenated alkanes) is 22. The summed E-state index contributed by atoms with van der Waals surface area (Å²) in [6, 6.07) is 4.76. The first-order valence-electron chi connectivity index (χ1n) is 16.8. The molecule has 1 nitrogen and oxygen atoms in total. The van der Waals surface area contributed by atoms with Crippen molar-refractivity contribution in [3.05, 3.63) is 29.1 Å². The normalized spacial score (nSPS) is 11.4. The van der Waals surface area contributed by atoms with Gasteiger partial charge in [-0.05, 0) is 49.8 Å². The van der Waals surface area contributed by atoms with Crippen LogP contribution in [0.4, 0.5) is 0 Å². The van der Waals surface area contributed by atoms with Gasteiger partial charge in [0, 0.05) is 11.4 Å². The molecular formula is C35H65N. The van der Waals surface area contributed by atoms with E-state index in [1.165, 1.54) is 184 Å². The number of nitrogens with zero attached hydrogens (tertiary/aromatic N) is 1. The predicted molar refractivity (Wildman–Crippen MR) is 163 cm³/mol. The van der Waals surface area contributed by atoms with Gasteiger partial charge in [0.15, 0.2) is 0 Å². The molecule has 0 saturated heterocycles. The average Bonchev–Trinajstić information content (AvgIpc) is 2.89. The highest BCUT2D eigenvalue weighted by Crippen LogP contribution is 2.16. The van der Waals surface area contributed by atoms with Gasteiger partial charge in [-0.2, -0.15) is 0 Å². The van der Waals surface area contributed by atoms with E-state index in [9.17, 15) is 0 Å². The Balaban J connectivity index is 2.06. The summed E-state index contributed by atoms with van der Waals surface area (Å²) < 4.78 is 0. The zero-order chi connectivity index (χ0) is 25.9. The van der Waals surface area contributed by atoms with Crippen molar-refractivity contribution in [2.75, 3.05) is 0 Å². The zero-order valence-electron chi connectivity index (χ0n) is 25.2. The van der Waals surface area contributed by atoms with Gasteiger partial charge in [0.05, 0.1) is 0 Å². The fourth-order valence-electron chi connectivity index (χ4n) is 5.47. The summed E-state index contributed by atoms with van der Waals surface area (Å²) in [5, 5.41) is 0. The molecule has 0 aromatic carbocycles. The quantitative estimate of drug-likeness (QED) is 0.110. The van der Waals surface area contributed by atoms with Crippen molar-refractivity contribution in [2.24, 2.45) is 0 Å². The van der Waals surface area contributed by atoms with Crippen molar-refractivity contribution in [1.29, 1.82) is 0 Å². The Morgan fingerprint density at radius 2 is 0.667 bits per heavy atom. The van der Waals surface area contributed by atoms with Crippen molar-refractivity contribution < 1.29 is 0 Å². The van der Waals surface area contributed by atoms with Crippen LogP contribution in [0.3, 0.4) is 0 Å². The van der Waals surface area contributed by atoms with Crippen LogP contribution in [0, 0.1) is 0 Å². The van der Waals surface area contributed by atoms with Crippen molar-refractivity contribution in [2.45, 2.75) is 194 Å². The average molecular weight is 500 g/mol. The van der Waals surface area contributed by atoms with Gasteiger partial charge in [0.2, 0.25) is 0 Å². The highest BCUT2D eigenvalue weighted by molar-refractivity contribution is 5.22. The molecule has 1 heteroatoms. The molecule has 1 heterocycles. The number of hydrogen-bond acceptors (Lipinski definition) is 1. The van der Waals surface area contributed by atoms with Gasteiger partial charge in [0.1, 0.15) is 0 Å². The van der Waals surface area contributed by atoms with Crippen LogP contribution >= 0.6 is 0 Å². The van der Waals surface area contributed by atoms with Gasteiger partial charge < -0.3 is 0 Å². The highest BCUT2D eigenvalue weighted by Gasteiger charge is 2.04. The van der Waals surface area contributed by atoms with Gasteiger partial charge >= 0.3 is 0 Å². The van der Waals surface area contributed by atoms with E-state index in [1.54, 1.807) is 0 Å². The second kappa shape index (κ2) is 25.8. The second-order valence-electron chi connectivity index (χ2n) is 11.6. The molecular weight excluding hydrogens is 434 g/mol. The third-order valence-corrected chi connectivity index (χ3v) is 7.97. The first-order valence-corrected chi connectivity index (χ1v) is 16.8. The maximum Gasteiger partial charge on any atom is 0.0409 e. The van der Waals surface area contributed by atoms with Crippen LogP contribution in [0.1, 0.15) is 192 Å². The number of aryl methyl sites for hydroxylation is 3. The van der Waals surface area contributed by atoms with Crippen LogP contribution in [0.25, 0.3) is 0 Å². The van der Waals surface area contributed by atoms with Crippen molar-refractivity contribution >= 4 is 0 Å². The molecule has 36 heavy (non-hydrogen) atoms. The number of rotatable bonds is 27. The summed E-state index contributed by atoms with van der Waals surface area (Å²) in [7, 11) is 0. The summed E-state index contributed by atoms with van der Waals surface area (Å²) in [6.07, 6.45) is 37.6. The summed E-state index contributed by atoms with van der Waals surface area (Å²) in [5.41, 5.74) is 4.21. The Labute approximate surface area is 228 Å². The Morgan fingerprint density at radius 1 is 0.389 bits per heavy atom. The standard InChI is InChI=1S/C35H65N/c1-4-7-9-11-13-15-17-19-21-23-25-27-29-34-31-33(6-3)32-35(36-34)30-28-26-24-22-20-18-16-14-12-10-8-5-2/h31-32H,4-30H2,1-3H3. The Hall–Kier alpha value is -0.850. The minimum Gasteiger partial charge on any atom is -0.258 e. The molecule has 0 amide bonds. The monoisotopic (exact) mass is 500 g/mol. The fraction of sp³-hybridized carbons (Fsp3) is 0.857. The lowest BCUT2D eigenvalue weighted by Gasteiger charge is -2.09. The third-order valence-electron chi connectivity index (χ3n) is 7.97. The molecule has 0 aliphatic heterocycles. The topological polar surface area (TPSA) is 12.9 Å². The van der Waals surface area contributed by atoms with Crippen molar-refractivity contribution in [1.82, 2.24) is 4.98 Å².